The Balaban J connectivity index is 1.85. The Morgan fingerprint density at radius 2 is 2.12 bits per heavy atom. The molecule has 0 bridgehead atoms. The highest BCUT2D eigenvalue weighted by Gasteiger charge is 2.27. The lowest BCUT2D eigenvalue weighted by atomic mass is 9.94. The first-order chi connectivity index (χ1) is 12.0. The minimum Gasteiger partial charge on any atom is -0.506 e. The van der Waals surface area contributed by atoms with Gasteiger partial charge < -0.3 is 14.9 Å². The van der Waals surface area contributed by atoms with Crippen LogP contribution in [0.5, 0.6) is 5.75 Å². The third kappa shape index (κ3) is 2.44. The SMILES string of the molecule is Cc1cc2oc(=O)c(C)c(C)c2c(O)c1C1=NN[C@H](c2cccs2)C1. The third-order valence-electron chi connectivity index (χ3n) is 4.84. The van der Waals surface area contributed by atoms with Crippen molar-refractivity contribution >= 4 is 28.0 Å². The van der Waals surface area contributed by atoms with Gasteiger partial charge in [-0.3, -0.25) is 0 Å². The fourth-order valence-electron chi connectivity index (χ4n) is 3.35. The topological polar surface area (TPSA) is 74.8 Å². The molecule has 1 aliphatic heterocycles. The van der Waals surface area contributed by atoms with E-state index in [0.717, 1.165) is 22.4 Å². The average molecular weight is 354 g/mol. The molecular weight excluding hydrogens is 336 g/mol. The van der Waals surface area contributed by atoms with Crippen LogP contribution >= 0.6 is 11.3 Å². The summed E-state index contributed by atoms with van der Waals surface area (Å²) in [5.41, 5.74) is 6.83. The average Bonchev–Trinajstić information content (AvgIpc) is 3.23. The van der Waals surface area contributed by atoms with Crippen LogP contribution < -0.4 is 11.1 Å². The Hall–Kier alpha value is -2.60. The summed E-state index contributed by atoms with van der Waals surface area (Å²) in [5, 5.41) is 18.0. The van der Waals surface area contributed by atoms with Crippen LogP contribution in [0.25, 0.3) is 11.0 Å². The van der Waals surface area contributed by atoms with E-state index in [2.05, 4.69) is 16.6 Å². The lowest BCUT2D eigenvalue weighted by molar-refractivity contribution is 0.476. The highest BCUT2D eigenvalue weighted by atomic mass is 32.1. The molecular formula is C19H18N2O3S. The van der Waals surface area contributed by atoms with Crippen molar-refractivity contribution in [2.75, 3.05) is 0 Å². The number of rotatable bonds is 2. The Morgan fingerprint density at radius 1 is 1.32 bits per heavy atom. The molecule has 1 aliphatic rings. The maximum Gasteiger partial charge on any atom is 0.339 e. The van der Waals surface area contributed by atoms with E-state index in [1.165, 1.54) is 4.88 Å². The van der Waals surface area contributed by atoms with Crippen molar-refractivity contribution in [3.05, 3.63) is 61.1 Å². The molecule has 4 rings (SSSR count). The van der Waals surface area contributed by atoms with Gasteiger partial charge in [-0.25, -0.2) is 4.79 Å². The van der Waals surface area contributed by atoms with Crippen molar-refractivity contribution in [2.24, 2.45) is 5.10 Å². The lowest BCUT2D eigenvalue weighted by Gasteiger charge is -2.13. The number of hydrazone groups is 1. The highest BCUT2D eigenvalue weighted by molar-refractivity contribution is 7.10. The molecule has 25 heavy (non-hydrogen) atoms. The number of aromatic hydroxyl groups is 1. The number of aryl methyl sites for hydroxylation is 2. The smallest absolute Gasteiger partial charge is 0.339 e. The summed E-state index contributed by atoms with van der Waals surface area (Å²) in [7, 11) is 0. The summed E-state index contributed by atoms with van der Waals surface area (Å²) in [6, 6.07) is 6.03. The zero-order chi connectivity index (χ0) is 17.7. The third-order valence-corrected chi connectivity index (χ3v) is 5.82. The van der Waals surface area contributed by atoms with Crippen molar-refractivity contribution in [1.29, 1.82) is 0 Å². The zero-order valence-corrected chi connectivity index (χ0v) is 15.0. The first-order valence-corrected chi connectivity index (χ1v) is 8.97. The van der Waals surface area contributed by atoms with E-state index >= 15 is 0 Å². The van der Waals surface area contributed by atoms with Gasteiger partial charge in [0.15, 0.2) is 0 Å². The first-order valence-electron chi connectivity index (χ1n) is 8.09. The maximum absolute atomic E-state index is 11.9. The number of nitrogens with one attached hydrogen (secondary N) is 1. The van der Waals surface area contributed by atoms with Crippen LogP contribution in [-0.2, 0) is 0 Å². The monoisotopic (exact) mass is 354 g/mol. The van der Waals surface area contributed by atoms with Gasteiger partial charge in [-0.05, 0) is 49.4 Å². The van der Waals surface area contributed by atoms with Crippen LogP contribution in [0.15, 0.2) is 37.9 Å². The fourth-order valence-corrected chi connectivity index (χ4v) is 4.12. The van der Waals surface area contributed by atoms with Gasteiger partial charge in [0.1, 0.15) is 11.3 Å². The Kier molecular flexibility index (Phi) is 3.65. The van der Waals surface area contributed by atoms with Gasteiger partial charge in [0.05, 0.1) is 17.1 Å². The van der Waals surface area contributed by atoms with Gasteiger partial charge in [0, 0.05) is 22.4 Å². The minimum absolute atomic E-state index is 0.126. The molecule has 0 saturated carbocycles. The maximum atomic E-state index is 11.9. The fraction of sp³-hybridized carbons (Fsp3) is 0.263. The number of phenolic OH excluding ortho intramolecular Hbond substituents is 1. The standard InChI is InChI=1S/C19H18N2O3S/c1-9-7-14-17(10(2)11(3)19(23)24-14)18(22)16(9)13-8-12(20-21-13)15-5-4-6-25-15/h4-7,12,20,22H,8H2,1-3H3/t12-/m0/s1. The second-order valence-corrected chi connectivity index (χ2v) is 7.37. The molecule has 6 heteroatoms. The molecule has 2 N–H and O–H groups in total. The molecule has 0 unspecified atom stereocenters. The summed E-state index contributed by atoms with van der Waals surface area (Å²) in [6.45, 7) is 5.43. The Bertz CT molecular complexity index is 1060. The van der Waals surface area contributed by atoms with Crippen molar-refractivity contribution in [1.82, 2.24) is 5.43 Å². The molecule has 1 atom stereocenters. The molecule has 3 aromatic rings. The van der Waals surface area contributed by atoms with E-state index in [9.17, 15) is 9.90 Å². The molecule has 0 radical (unpaired) electrons. The van der Waals surface area contributed by atoms with Gasteiger partial charge in [0.2, 0.25) is 0 Å². The number of hydrogen-bond donors (Lipinski definition) is 2. The van der Waals surface area contributed by atoms with E-state index in [1.54, 1.807) is 24.3 Å². The Morgan fingerprint density at radius 3 is 2.84 bits per heavy atom. The van der Waals surface area contributed by atoms with Gasteiger partial charge in [-0.2, -0.15) is 5.10 Å². The number of fused-ring (bicyclic) bond motifs is 1. The molecule has 0 amide bonds. The van der Waals surface area contributed by atoms with Crippen LogP contribution in [0, 0.1) is 20.8 Å². The molecule has 0 saturated heterocycles. The number of hydrogen-bond acceptors (Lipinski definition) is 6. The zero-order valence-electron chi connectivity index (χ0n) is 14.2. The van der Waals surface area contributed by atoms with Crippen molar-refractivity contribution in [2.45, 2.75) is 33.2 Å². The van der Waals surface area contributed by atoms with Gasteiger partial charge in [0.25, 0.3) is 0 Å². The van der Waals surface area contributed by atoms with Crippen LogP contribution in [-0.4, -0.2) is 10.8 Å². The van der Waals surface area contributed by atoms with Crippen molar-refractivity contribution in [3.8, 4) is 5.75 Å². The summed E-state index contributed by atoms with van der Waals surface area (Å²) in [4.78, 5) is 13.1. The molecule has 1 aromatic carbocycles. The van der Waals surface area contributed by atoms with Crippen LogP contribution in [0.3, 0.4) is 0 Å². The number of nitrogens with zero attached hydrogens (tertiary/aromatic N) is 1. The van der Waals surface area contributed by atoms with E-state index in [4.69, 9.17) is 4.42 Å². The molecule has 2 aromatic heterocycles. The number of phenols is 1. The molecule has 0 aliphatic carbocycles. The van der Waals surface area contributed by atoms with Gasteiger partial charge in [-0.15, -0.1) is 11.3 Å². The lowest BCUT2D eigenvalue weighted by Crippen LogP contribution is -2.09. The van der Waals surface area contributed by atoms with E-state index in [1.807, 2.05) is 25.3 Å². The van der Waals surface area contributed by atoms with Crippen molar-refractivity contribution < 1.29 is 9.52 Å². The summed E-state index contributed by atoms with van der Waals surface area (Å²) >= 11 is 1.69. The highest BCUT2D eigenvalue weighted by Crippen LogP contribution is 2.37. The molecule has 128 valence electrons. The van der Waals surface area contributed by atoms with E-state index in [0.29, 0.717) is 23.0 Å². The van der Waals surface area contributed by atoms with E-state index < -0.39 is 0 Å². The summed E-state index contributed by atoms with van der Waals surface area (Å²) in [5.74, 6) is 0.131. The minimum atomic E-state index is -0.366. The quantitative estimate of drug-likeness (QED) is 0.684. The Labute approximate surface area is 148 Å². The molecule has 3 heterocycles. The molecule has 0 fully saturated rings. The second-order valence-electron chi connectivity index (χ2n) is 6.39. The first kappa shape index (κ1) is 15.9. The molecule has 0 spiro atoms. The predicted molar refractivity (Wildman–Crippen MR) is 99.7 cm³/mol. The largest absolute Gasteiger partial charge is 0.506 e. The predicted octanol–water partition coefficient (Wildman–Crippen LogP) is 3.92. The van der Waals surface area contributed by atoms with Gasteiger partial charge >= 0.3 is 5.63 Å². The van der Waals surface area contributed by atoms with Crippen LogP contribution in [0.1, 0.15) is 39.6 Å². The normalized spacial score (nSPS) is 16.9. The number of thiophene rings is 1. The summed E-state index contributed by atoms with van der Waals surface area (Å²) < 4.78 is 5.36. The van der Waals surface area contributed by atoms with E-state index in [-0.39, 0.29) is 17.4 Å². The number of benzene rings is 1. The summed E-state index contributed by atoms with van der Waals surface area (Å²) in [6.07, 6.45) is 0.704. The van der Waals surface area contributed by atoms with Crippen LogP contribution in [0.4, 0.5) is 0 Å². The van der Waals surface area contributed by atoms with Crippen molar-refractivity contribution in [3.63, 3.8) is 0 Å². The molecule has 5 nitrogen and oxygen atoms in total. The van der Waals surface area contributed by atoms with Gasteiger partial charge in [-0.1, -0.05) is 6.07 Å². The van der Waals surface area contributed by atoms with Crippen LogP contribution in [0.2, 0.25) is 0 Å². The second kappa shape index (κ2) is 5.74.